The number of amides is 2. The molecule has 3 saturated heterocycles. The molecule has 0 bridgehead atoms. The molecule has 3 aliphatic heterocycles. The molecule has 2 amide bonds. The molecule has 2 aromatic rings. The van der Waals surface area contributed by atoms with Crippen molar-refractivity contribution in [3.63, 3.8) is 0 Å². The average molecular weight is 569 g/mol. The molecule has 0 aromatic carbocycles. The van der Waals surface area contributed by atoms with Crippen LogP contribution in [0.4, 0.5) is 9.80 Å². The molecular formula is C30H40N4O5S. The van der Waals surface area contributed by atoms with Crippen LogP contribution in [-0.4, -0.2) is 76.2 Å². The number of cyclic esters (lactones) is 1. The Hall–Kier alpha value is -2.98. The van der Waals surface area contributed by atoms with Crippen LogP contribution < -0.4 is 5.32 Å². The summed E-state index contributed by atoms with van der Waals surface area (Å²) in [6, 6.07) is 5.94. The molecule has 1 unspecified atom stereocenters. The minimum atomic E-state index is -0.655. The van der Waals surface area contributed by atoms with Crippen molar-refractivity contribution < 1.29 is 23.9 Å². The number of hydrogen-bond acceptors (Lipinski definition) is 8. The Morgan fingerprint density at radius 1 is 1.20 bits per heavy atom. The summed E-state index contributed by atoms with van der Waals surface area (Å²) in [5, 5.41) is 3.29. The van der Waals surface area contributed by atoms with E-state index in [0.29, 0.717) is 29.7 Å². The lowest BCUT2D eigenvalue weighted by Gasteiger charge is -2.44. The fraction of sp³-hybridized carbons (Fsp3) is 0.600. The van der Waals surface area contributed by atoms with Gasteiger partial charge in [0.2, 0.25) is 0 Å². The van der Waals surface area contributed by atoms with E-state index in [-0.39, 0.29) is 11.9 Å². The third-order valence-corrected chi connectivity index (χ3v) is 9.06. The van der Waals surface area contributed by atoms with Crippen LogP contribution in [0.5, 0.6) is 0 Å². The van der Waals surface area contributed by atoms with E-state index in [2.05, 4.69) is 15.2 Å². The van der Waals surface area contributed by atoms with Gasteiger partial charge in [-0.3, -0.25) is 24.8 Å². The van der Waals surface area contributed by atoms with Crippen molar-refractivity contribution in [3.05, 3.63) is 36.2 Å². The molecule has 40 heavy (non-hydrogen) atoms. The minimum Gasteiger partial charge on any atom is -0.459 e. The average Bonchev–Trinajstić information content (AvgIpc) is 3.40. The largest absolute Gasteiger partial charge is 0.459 e. The number of nitrogens with zero attached hydrogens (tertiary/aromatic N) is 3. The number of pyridine rings is 1. The fourth-order valence-corrected chi connectivity index (χ4v) is 7.39. The zero-order valence-electron chi connectivity index (χ0n) is 24.1. The Bertz CT molecular complexity index is 1260. The zero-order valence-corrected chi connectivity index (χ0v) is 24.9. The van der Waals surface area contributed by atoms with Crippen molar-refractivity contribution in [1.82, 2.24) is 14.8 Å². The van der Waals surface area contributed by atoms with Crippen LogP contribution in [0.25, 0.3) is 10.4 Å². The van der Waals surface area contributed by atoms with Gasteiger partial charge in [0.1, 0.15) is 16.2 Å². The van der Waals surface area contributed by atoms with Crippen LogP contribution in [0.1, 0.15) is 77.1 Å². The summed E-state index contributed by atoms with van der Waals surface area (Å²) in [7, 11) is 0. The first-order valence-corrected chi connectivity index (χ1v) is 15.0. The summed E-state index contributed by atoms with van der Waals surface area (Å²) in [5.41, 5.74) is -0.129. The zero-order chi connectivity index (χ0) is 28.7. The van der Waals surface area contributed by atoms with Gasteiger partial charge in [-0.25, -0.2) is 4.79 Å². The monoisotopic (exact) mass is 568 g/mol. The van der Waals surface area contributed by atoms with Crippen molar-refractivity contribution in [3.8, 4) is 10.4 Å². The highest BCUT2D eigenvalue weighted by Gasteiger charge is 2.54. The molecule has 1 spiro atoms. The third kappa shape index (κ3) is 6.17. The van der Waals surface area contributed by atoms with E-state index < -0.39 is 22.7 Å². The van der Waals surface area contributed by atoms with Crippen LogP contribution >= 0.6 is 11.3 Å². The Balaban J connectivity index is 1.28. The van der Waals surface area contributed by atoms with Crippen molar-refractivity contribution in [2.24, 2.45) is 5.41 Å². The fourth-order valence-electron chi connectivity index (χ4n) is 6.37. The second kappa shape index (κ2) is 10.8. The minimum absolute atomic E-state index is 0.0540. The van der Waals surface area contributed by atoms with E-state index in [1.807, 2.05) is 36.9 Å². The lowest BCUT2D eigenvalue weighted by molar-refractivity contribution is -0.154. The van der Waals surface area contributed by atoms with Crippen LogP contribution in [0.2, 0.25) is 0 Å². The Morgan fingerprint density at radius 2 is 1.95 bits per heavy atom. The number of aromatic nitrogens is 1. The third-order valence-electron chi connectivity index (χ3n) is 7.96. The summed E-state index contributed by atoms with van der Waals surface area (Å²) in [6.45, 7) is 12.3. The maximum Gasteiger partial charge on any atom is 0.412 e. The van der Waals surface area contributed by atoms with Crippen LogP contribution in [0, 0.1) is 5.41 Å². The number of carbonyl (C=O) groups is 3. The standard InChI is InChI=1S/C30H40N4O5S/c1-28(2,3)39-27(37)32-24-22(16-23(40-24)20-8-6-12-31-17-20)25(35)33-14-9-21(10-15-33)34-13-7-11-30(19-34)18-29(4,5)38-26(30)36/h6,8,12,16-17,21H,7,9-11,13-15,18-19H2,1-5H3,(H,32,37). The number of nitrogens with one attached hydrogen (secondary N) is 1. The van der Waals surface area contributed by atoms with Crippen LogP contribution in [0.3, 0.4) is 0 Å². The number of hydrogen-bond donors (Lipinski definition) is 1. The second-order valence-electron chi connectivity index (χ2n) is 12.9. The topological polar surface area (TPSA) is 101 Å². The molecule has 0 radical (unpaired) electrons. The molecule has 3 fully saturated rings. The first-order chi connectivity index (χ1) is 18.8. The van der Waals surface area contributed by atoms with E-state index in [1.165, 1.54) is 11.3 Å². The first kappa shape index (κ1) is 28.5. The van der Waals surface area contributed by atoms with Crippen molar-refractivity contribution >= 4 is 34.3 Å². The van der Waals surface area contributed by atoms with Gasteiger partial charge >= 0.3 is 12.1 Å². The maximum absolute atomic E-state index is 13.8. The van der Waals surface area contributed by atoms with Crippen molar-refractivity contribution in [2.75, 3.05) is 31.5 Å². The van der Waals surface area contributed by atoms with E-state index in [0.717, 1.165) is 55.6 Å². The highest BCUT2D eigenvalue weighted by atomic mass is 32.1. The molecule has 10 heteroatoms. The Morgan fingerprint density at radius 3 is 2.58 bits per heavy atom. The molecule has 1 atom stereocenters. The van der Waals surface area contributed by atoms with Gasteiger partial charge in [-0.05, 0) is 79.0 Å². The van der Waals surface area contributed by atoms with Gasteiger partial charge in [-0.2, -0.15) is 0 Å². The lowest BCUT2D eigenvalue weighted by Crippen LogP contribution is -2.53. The molecule has 5 rings (SSSR count). The highest BCUT2D eigenvalue weighted by molar-refractivity contribution is 7.20. The van der Waals surface area contributed by atoms with Gasteiger partial charge in [0.25, 0.3) is 5.91 Å². The van der Waals surface area contributed by atoms with E-state index in [9.17, 15) is 14.4 Å². The molecule has 5 heterocycles. The van der Waals surface area contributed by atoms with Gasteiger partial charge < -0.3 is 14.4 Å². The lowest BCUT2D eigenvalue weighted by atomic mass is 9.74. The van der Waals surface area contributed by atoms with E-state index >= 15 is 0 Å². The number of rotatable bonds is 4. The molecule has 1 N–H and O–H groups in total. The Kier molecular flexibility index (Phi) is 7.69. The number of thiophene rings is 1. The molecule has 9 nitrogen and oxygen atoms in total. The quantitative estimate of drug-likeness (QED) is 0.481. The maximum atomic E-state index is 13.8. The molecule has 3 aliphatic rings. The summed E-state index contributed by atoms with van der Waals surface area (Å²) in [5.74, 6) is -0.158. The number of esters is 1. The van der Waals surface area contributed by atoms with Gasteiger partial charge in [-0.1, -0.05) is 6.07 Å². The SMILES string of the molecule is CC(C)(C)OC(=O)Nc1sc(-c2cccnc2)cc1C(=O)N1CCC(N2CCCC3(C2)CC(C)(C)OC3=O)CC1. The van der Waals surface area contributed by atoms with Gasteiger partial charge in [0.15, 0.2) is 0 Å². The van der Waals surface area contributed by atoms with E-state index in [1.54, 1.807) is 33.2 Å². The van der Waals surface area contributed by atoms with E-state index in [4.69, 9.17) is 9.47 Å². The first-order valence-electron chi connectivity index (χ1n) is 14.2. The van der Waals surface area contributed by atoms with Crippen LogP contribution in [-0.2, 0) is 14.3 Å². The number of anilines is 1. The number of likely N-dealkylation sites (tertiary alicyclic amines) is 2. The molecule has 0 aliphatic carbocycles. The number of piperidine rings is 2. The van der Waals surface area contributed by atoms with Gasteiger partial charge in [0.05, 0.1) is 11.0 Å². The van der Waals surface area contributed by atoms with Crippen molar-refractivity contribution in [1.29, 1.82) is 0 Å². The molecule has 2 aromatic heterocycles. The van der Waals surface area contributed by atoms with Crippen LogP contribution in [0.15, 0.2) is 30.6 Å². The summed E-state index contributed by atoms with van der Waals surface area (Å²) in [4.78, 5) is 48.6. The predicted octanol–water partition coefficient (Wildman–Crippen LogP) is 5.57. The number of carbonyl (C=O) groups excluding carboxylic acids is 3. The van der Waals surface area contributed by atoms with Crippen molar-refractivity contribution in [2.45, 2.75) is 84.0 Å². The van der Waals surface area contributed by atoms with Gasteiger partial charge in [0, 0.05) is 54.9 Å². The van der Waals surface area contributed by atoms with Gasteiger partial charge in [-0.15, -0.1) is 11.3 Å². The summed E-state index contributed by atoms with van der Waals surface area (Å²) < 4.78 is 11.2. The summed E-state index contributed by atoms with van der Waals surface area (Å²) >= 11 is 1.34. The normalized spacial score (nSPS) is 23.7. The Labute approximate surface area is 240 Å². The molecular weight excluding hydrogens is 528 g/mol. The second-order valence-corrected chi connectivity index (χ2v) is 14.0. The molecule has 216 valence electrons. The summed E-state index contributed by atoms with van der Waals surface area (Å²) in [6.07, 6.45) is 7.17. The number of ether oxygens (including phenoxy) is 2. The highest BCUT2D eigenvalue weighted by Crippen LogP contribution is 2.47. The smallest absolute Gasteiger partial charge is 0.412 e. The molecule has 0 saturated carbocycles. The predicted molar refractivity (Wildman–Crippen MR) is 154 cm³/mol.